The first-order chi connectivity index (χ1) is 12.9. The Morgan fingerprint density at radius 3 is 1.37 bits per heavy atom. The van der Waals surface area contributed by atoms with Gasteiger partial charge in [0.25, 0.3) is 0 Å². The molecule has 0 atom stereocenters. The third kappa shape index (κ3) is 14.4. The minimum atomic E-state index is 1.16. The molecule has 0 spiro atoms. The van der Waals surface area contributed by atoms with Crippen LogP contribution in [0.4, 0.5) is 0 Å². The average Bonchev–Trinajstić information content (AvgIpc) is 2.66. The highest BCUT2D eigenvalue weighted by Gasteiger charge is 2.26. The van der Waals surface area contributed by atoms with Crippen molar-refractivity contribution >= 4 is 0 Å². The van der Waals surface area contributed by atoms with Gasteiger partial charge in [0.05, 0.1) is 0 Å². The van der Waals surface area contributed by atoms with Gasteiger partial charge in [-0.3, -0.25) is 0 Å². The highest BCUT2D eigenvalue weighted by molar-refractivity contribution is 5.19. The van der Waals surface area contributed by atoms with Crippen LogP contribution in [0.15, 0.2) is 49.1 Å². The zero-order valence-electron chi connectivity index (χ0n) is 19.0. The molecule has 0 saturated heterocycles. The van der Waals surface area contributed by atoms with E-state index in [-0.39, 0.29) is 0 Å². The van der Waals surface area contributed by atoms with Crippen molar-refractivity contribution in [2.45, 2.75) is 98.8 Å². The molecular formula is C27H46. The number of rotatable bonds is 2. The first kappa shape index (κ1) is 25.7. The van der Waals surface area contributed by atoms with Crippen molar-refractivity contribution in [2.75, 3.05) is 0 Å². The number of hydrogen-bond acceptors (Lipinski definition) is 0. The topological polar surface area (TPSA) is 0 Å². The molecule has 154 valence electrons. The van der Waals surface area contributed by atoms with Crippen LogP contribution in [0.3, 0.4) is 0 Å². The number of hydrogen-bond donors (Lipinski definition) is 0. The molecule has 0 unspecified atom stereocenters. The van der Waals surface area contributed by atoms with Crippen molar-refractivity contribution in [3.63, 3.8) is 0 Å². The standard InChI is InChI=1S/C10H18.C8H10.C6H12.C3H6/c1-2-6-10-8-4-3-7-9(10)5-1;1-7-3-5-8(2)6-4-7;1-4-5-6(2)3;1-3-2/h9-10H,1-8H2;3-6H,1-2H3;2,4-5H2,1,3H3;3H,1H2,2H3. The zero-order valence-corrected chi connectivity index (χ0v) is 19.0. The second-order valence-electron chi connectivity index (χ2n) is 8.36. The molecule has 0 N–H and O–H groups in total. The summed E-state index contributed by atoms with van der Waals surface area (Å²) >= 11 is 0. The van der Waals surface area contributed by atoms with E-state index in [4.69, 9.17) is 0 Å². The zero-order chi connectivity index (χ0) is 20.5. The van der Waals surface area contributed by atoms with E-state index in [1.54, 1.807) is 31.8 Å². The summed E-state index contributed by atoms with van der Waals surface area (Å²) in [7, 11) is 0. The van der Waals surface area contributed by atoms with Gasteiger partial charge in [0, 0.05) is 0 Å². The molecule has 2 aliphatic carbocycles. The summed E-state index contributed by atoms with van der Waals surface area (Å²) in [5.41, 5.74) is 3.95. The SMILES string of the molecule is C1CCC2CCCCC2C1.C=C(C)CCC.C=CC.Cc1ccc(C)cc1. The molecule has 0 heterocycles. The lowest BCUT2D eigenvalue weighted by Crippen LogP contribution is -2.22. The molecule has 3 rings (SSSR count). The molecule has 1 aromatic rings. The highest BCUT2D eigenvalue weighted by atomic mass is 14.3. The van der Waals surface area contributed by atoms with Crippen LogP contribution in [0.1, 0.15) is 96.1 Å². The molecule has 2 aliphatic rings. The Morgan fingerprint density at radius 2 is 1.19 bits per heavy atom. The monoisotopic (exact) mass is 370 g/mol. The van der Waals surface area contributed by atoms with E-state index in [0.29, 0.717) is 0 Å². The van der Waals surface area contributed by atoms with Crippen LogP contribution in [0.2, 0.25) is 0 Å². The van der Waals surface area contributed by atoms with Gasteiger partial charge in [-0.1, -0.05) is 112 Å². The average molecular weight is 371 g/mol. The fourth-order valence-electron chi connectivity index (χ4n) is 3.92. The van der Waals surface area contributed by atoms with E-state index >= 15 is 0 Å². The fourth-order valence-corrected chi connectivity index (χ4v) is 3.92. The number of benzene rings is 1. The van der Waals surface area contributed by atoms with E-state index in [1.165, 1.54) is 55.2 Å². The Bertz CT molecular complexity index is 432. The summed E-state index contributed by atoms with van der Waals surface area (Å²) in [5.74, 6) is 2.31. The fraction of sp³-hybridized carbons (Fsp3) is 0.630. The molecule has 1 aromatic carbocycles. The quantitative estimate of drug-likeness (QED) is 0.455. The van der Waals surface area contributed by atoms with E-state index in [0.717, 1.165) is 11.8 Å². The highest BCUT2D eigenvalue weighted by Crippen LogP contribution is 2.39. The summed E-state index contributed by atoms with van der Waals surface area (Å²) in [5, 5.41) is 0. The predicted molar refractivity (Wildman–Crippen MR) is 125 cm³/mol. The minimum absolute atomic E-state index is 1.16. The van der Waals surface area contributed by atoms with Crippen LogP contribution in [-0.4, -0.2) is 0 Å². The van der Waals surface area contributed by atoms with Crippen molar-refractivity contribution in [1.29, 1.82) is 0 Å². The van der Waals surface area contributed by atoms with E-state index in [1.807, 2.05) is 6.92 Å². The van der Waals surface area contributed by atoms with Crippen molar-refractivity contribution < 1.29 is 0 Å². The second-order valence-corrected chi connectivity index (χ2v) is 8.36. The van der Waals surface area contributed by atoms with Crippen LogP contribution in [0.5, 0.6) is 0 Å². The van der Waals surface area contributed by atoms with Gasteiger partial charge in [0.1, 0.15) is 0 Å². The van der Waals surface area contributed by atoms with Crippen molar-refractivity contribution in [2.24, 2.45) is 11.8 Å². The third-order valence-corrected chi connectivity index (χ3v) is 5.36. The molecule has 0 nitrogen and oxygen atoms in total. The van der Waals surface area contributed by atoms with Crippen LogP contribution in [0.25, 0.3) is 0 Å². The Hall–Kier alpha value is -1.30. The van der Waals surface area contributed by atoms with Gasteiger partial charge in [0.2, 0.25) is 0 Å². The summed E-state index contributed by atoms with van der Waals surface area (Å²) in [6.45, 7) is 17.4. The molecule has 0 heteroatoms. The Labute approximate surface area is 171 Å². The molecule has 27 heavy (non-hydrogen) atoms. The molecule has 0 aromatic heterocycles. The first-order valence-corrected chi connectivity index (χ1v) is 11.2. The van der Waals surface area contributed by atoms with Crippen LogP contribution >= 0.6 is 0 Å². The summed E-state index contributed by atoms with van der Waals surface area (Å²) in [6, 6.07) is 8.48. The number of fused-ring (bicyclic) bond motifs is 1. The number of allylic oxidation sites excluding steroid dienone is 2. The third-order valence-electron chi connectivity index (χ3n) is 5.36. The molecule has 2 fully saturated rings. The first-order valence-electron chi connectivity index (χ1n) is 11.2. The molecule has 0 radical (unpaired) electrons. The van der Waals surface area contributed by atoms with Crippen molar-refractivity contribution in [3.05, 3.63) is 60.2 Å². The number of aryl methyl sites for hydroxylation is 2. The van der Waals surface area contributed by atoms with E-state index in [2.05, 4.69) is 65.1 Å². The van der Waals surface area contributed by atoms with Gasteiger partial charge in [-0.05, 0) is 46.0 Å². The molecule has 0 aliphatic heterocycles. The van der Waals surface area contributed by atoms with Gasteiger partial charge in [-0.2, -0.15) is 0 Å². The minimum Gasteiger partial charge on any atom is -0.103 e. The maximum atomic E-state index is 3.74. The second kappa shape index (κ2) is 16.8. The van der Waals surface area contributed by atoms with Gasteiger partial charge in [-0.25, -0.2) is 0 Å². The maximum Gasteiger partial charge on any atom is -0.0328 e. The van der Waals surface area contributed by atoms with E-state index in [9.17, 15) is 0 Å². The van der Waals surface area contributed by atoms with Crippen LogP contribution < -0.4 is 0 Å². The Kier molecular flexibility index (Phi) is 16.0. The molecular weight excluding hydrogens is 324 g/mol. The smallest absolute Gasteiger partial charge is 0.0328 e. The lowest BCUT2D eigenvalue weighted by molar-refractivity contribution is 0.171. The van der Waals surface area contributed by atoms with Gasteiger partial charge in [-0.15, -0.1) is 13.2 Å². The van der Waals surface area contributed by atoms with Crippen LogP contribution in [-0.2, 0) is 0 Å². The largest absolute Gasteiger partial charge is 0.103 e. The summed E-state index contributed by atoms with van der Waals surface area (Å²) in [6.07, 6.45) is 16.5. The summed E-state index contributed by atoms with van der Waals surface area (Å²) < 4.78 is 0. The van der Waals surface area contributed by atoms with Crippen molar-refractivity contribution in [3.8, 4) is 0 Å². The van der Waals surface area contributed by atoms with E-state index < -0.39 is 0 Å². The lowest BCUT2D eigenvalue weighted by atomic mass is 9.71. The Balaban J connectivity index is 0.000000361. The van der Waals surface area contributed by atoms with Gasteiger partial charge < -0.3 is 0 Å². The Morgan fingerprint density at radius 1 is 0.889 bits per heavy atom. The lowest BCUT2D eigenvalue weighted by Gasteiger charge is -2.35. The molecule has 2 saturated carbocycles. The van der Waals surface area contributed by atoms with Crippen LogP contribution in [0, 0.1) is 25.7 Å². The maximum absolute atomic E-state index is 3.74. The van der Waals surface area contributed by atoms with Gasteiger partial charge in [0.15, 0.2) is 0 Å². The van der Waals surface area contributed by atoms with Gasteiger partial charge >= 0.3 is 0 Å². The summed E-state index contributed by atoms with van der Waals surface area (Å²) in [4.78, 5) is 0. The normalized spacial score (nSPS) is 20.2. The predicted octanol–water partition coefficient (Wildman–Crippen LogP) is 9.23. The molecule has 0 bridgehead atoms. The molecule has 0 amide bonds. The van der Waals surface area contributed by atoms with Crippen molar-refractivity contribution in [1.82, 2.24) is 0 Å².